The molecule has 8 aromatic rings. The third kappa shape index (κ3) is 4.90. The summed E-state index contributed by atoms with van der Waals surface area (Å²) in [5.41, 5.74) is 9.87. The van der Waals surface area contributed by atoms with Gasteiger partial charge in [-0.1, -0.05) is 146 Å². The minimum absolute atomic E-state index is 0.240. The highest BCUT2D eigenvalue weighted by Gasteiger charge is 2.27. The summed E-state index contributed by atoms with van der Waals surface area (Å²) >= 11 is 0. The van der Waals surface area contributed by atoms with Gasteiger partial charge in [-0.05, 0) is 57.5 Å². The molecule has 0 saturated heterocycles. The number of benzene rings is 6. The average Bonchev–Trinajstić information content (AvgIpc) is 3.55. The molecule has 48 heavy (non-hydrogen) atoms. The quantitative estimate of drug-likeness (QED) is 0.193. The fraction of sp³-hybridized carbons (Fsp3) is 0.0682. The van der Waals surface area contributed by atoms with Crippen molar-refractivity contribution in [3.63, 3.8) is 0 Å². The van der Waals surface area contributed by atoms with E-state index in [0.29, 0.717) is 17.5 Å². The Labute approximate surface area is 279 Å². The molecule has 0 aliphatic heterocycles. The second kappa shape index (κ2) is 11.6. The highest BCUT2D eigenvalue weighted by atomic mass is 16.3. The monoisotopic (exact) mass is 617 g/mol. The van der Waals surface area contributed by atoms with Crippen LogP contribution in [0.4, 0.5) is 0 Å². The molecule has 4 nitrogen and oxygen atoms in total. The minimum atomic E-state index is 0.240. The fourth-order valence-corrected chi connectivity index (χ4v) is 7.09. The molecule has 6 aromatic carbocycles. The van der Waals surface area contributed by atoms with E-state index in [0.717, 1.165) is 39.8 Å². The molecular weight excluding hydrogens is 587 g/mol. The Bertz CT molecular complexity index is 2420. The van der Waals surface area contributed by atoms with Crippen molar-refractivity contribution < 1.29 is 4.42 Å². The van der Waals surface area contributed by atoms with Gasteiger partial charge in [0.25, 0.3) is 0 Å². The van der Waals surface area contributed by atoms with Crippen molar-refractivity contribution in [2.45, 2.75) is 19.3 Å². The van der Waals surface area contributed by atoms with Crippen LogP contribution in [0.3, 0.4) is 0 Å². The van der Waals surface area contributed by atoms with Gasteiger partial charge < -0.3 is 4.42 Å². The van der Waals surface area contributed by atoms with Crippen molar-refractivity contribution in [3.8, 4) is 45.3 Å². The van der Waals surface area contributed by atoms with Crippen molar-refractivity contribution >= 4 is 33.4 Å². The zero-order valence-corrected chi connectivity index (χ0v) is 26.5. The summed E-state index contributed by atoms with van der Waals surface area (Å²) in [6, 6.07) is 50.4. The Balaban J connectivity index is 1.14. The predicted octanol–water partition coefficient (Wildman–Crippen LogP) is 11.5. The van der Waals surface area contributed by atoms with E-state index in [1.165, 1.54) is 38.6 Å². The summed E-state index contributed by atoms with van der Waals surface area (Å²) in [5, 5.41) is 3.60. The smallest absolute Gasteiger partial charge is 0.164 e. The van der Waals surface area contributed by atoms with Gasteiger partial charge in [0.05, 0.1) is 0 Å². The van der Waals surface area contributed by atoms with Gasteiger partial charge in [0.15, 0.2) is 17.5 Å². The first-order valence-electron chi connectivity index (χ1n) is 16.4. The molecule has 2 heterocycles. The van der Waals surface area contributed by atoms with E-state index >= 15 is 0 Å². The highest BCUT2D eigenvalue weighted by Crippen LogP contribution is 2.46. The van der Waals surface area contributed by atoms with Crippen LogP contribution in [0.25, 0.3) is 78.7 Å². The zero-order chi connectivity index (χ0) is 32.0. The molecule has 1 unspecified atom stereocenters. The lowest BCUT2D eigenvalue weighted by Crippen LogP contribution is -2.04. The van der Waals surface area contributed by atoms with Crippen LogP contribution in [-0.4, -0.2) is 15.0 Å². The maximum Gasteiger partial charge on any atom is 0.164 e. The Morgan fingerprint density at radius 2 is 1.10 bits per heavy atom. The lowest BCUT2D eigenvalue weighted by atomic mass is 9.82. The highest BCUT2D eigenvalue weighted by molar-refractivity contribution is 6.01. The van der Waals surface area contributed by atoms with Gasteiger partial charge in [-0.2, -0.15) is 0 Å². The van der Waals surface area contributed by atoms with Gasteiger partial charge in [-0.15, -0.1) is 0 Å². The second-order valence-electron chi connectivity index (χ2n) is 12.5. The van der Waals surface area contributed by atoms with Gasteiger partial charge in [0.2, 0.25) is 0 Å². The molecule has 0 spiro atoms. The number of aromatic nitrogens is 3. The van der Waals surface area contributed by atoms with Crippen molar-refractivity contribution in [3.05, 3.63) is 162 Å². The van der Waals surface area contributed by atoms with Crippen LogP contribution in [-0.2, 0) is 0 Å². The first-order chi connectivity index (χ1) is 23.7. The molecule has 0 fully saturated rings. The number of allylic oxidation sites excluding steroid dienone is 1. The van der Waals surface area contributed by atoms with Gasteiger partial charge >= 0.3 is 0 Å². The first kappa shape index (κ1) is 28.1. The van der Waals surface area contributed by atoms with Crippen molar-refractivity contribution in [1.29, 1.82) is 0 Å². The van der Waals surface area contributed by atoms with E-state index in [4.69, 9.17) is 19.4 Å². The zero-order valence-electron chi connectivity index (χ0n) is 26.5. The molecule has 2 aromatic heterocycles. The molecule has 1 aliphatic carbocycles. The van der Waals surface area contributed by atoms with E-state index in [1.54, 1.807) is 0 Å². The molecule has 4 heteroatoms. The van der Waals surface area contributed by atoms with Crippen LogP contribution < -0.4 is 0 Å². The van der Waals surface area contributed by atoms with E-state index in [1.807, 2.05) is 72.8 Å². The third-order valence-electron chi connectivity index (χ3n) is 9.40. The number of hydrogen-bond donors (Lipinski definition) is 0. The van der Waals surface area contributed by atoms with Crippen molar-refractivity contribution in [2.24, 2.45) is 0 Å². The van der Waals surface area contributed by atoms with Crippen LogP contribution in [0, 0.1) is 0 Å². The van der Waals surface area contributed by atoms with Crippen LogP contribution in [0.2, 0.25) is 0 Å². The Morgan fingerprint density at radius 3 is 1.83 bits per heavy atom. The largest absolute Gasteiger partial charge is 0.456 e. The molecule has 0 N–H and O–H groups in total. The SMILES string of the molecule is CC1CC(c2ccc(-c3cccc4ccccc34)cc2)=Cc2oc3cccc(-c4nc(-c5ccccc5)nc(-c5ccccc5)n4)c3c21. The second-order valence-corrected chi connectivity index (χ2v) is 12.5. The lowest BCUT2D eigenvalue weighted by molar-refractivity contribution is 0.588. The number of furan rings is 1. The van der Waals surface area contributed by atoms with Gasteiger partial charge in [0.1, 0.15) is 11.3 Å². The summed E-state index contributed by atoms with van der Waals surface area (Å²) in [7, 11) is 0. The van der Waals surface area contributed by atoms with E-state index in [2.05, 4.69) is 85.8 Å². The summed E-state index contributed by atoms with van der Waals surface area (Å²) in [6.07, 6.45) is 3.13. The molecule has 228 valence electrons. The molecule has 0 amide bonds. The minimum Gasteiger partial charge on any atom is -0.456 e. The van der Waals surface area contributed by atoms with Crippen LogP contribution in [0.15, 0.2) is 150 Å². The number of fused-ring (bicyclic) bond motifs is 4. The Morgan fingerprint density at radius 1 is 0.521 bits per heavy atom. The maximum atomic E-state index is 6.60. The Kier molecular flexibility index (Phi) is 6.79. The van der Waals surface area contributed by atoms with Crippen LogP contribution >= 0.6 is 0 Å². The molecule has 0 radical (unpaired) electrons. The van der Waals surface area contributed by atoms with Gasteiger partial charge in [0, 0.05) is 27.6 Å². The maximum absolute atomic E-state index is 6.60. The fourth-order valence-electron chi connectivity index (χ4n) is 7.09. The van der Waals surface area contributed by atoms with Crippen LogP contribution in [0.5, 0.6) is 0 Å². The molecule has 0 saturated carbocycles. The summed E-state index contributed by atoms with van der Waals surface area (Å²) in [6.45, 7) is 2.29. The van der Waals surface area contributed by atoms with Gasteiger partial charge in [-0.3, -0.25) is 0 Å². The predicted molar refractivity (Wildman–Crippen MR) is 196 cm³/mol. The average molecular weight is 618 g/mol. The number of hydrogen-bond acceptors (Lipinski definition) is 4. The third-order valence-corrected chi connectivity index (χ3v) is 9.40. The number of nitrogens with zero attached hydrogens (tertiary/aromatic N) is 3. The first-order valence-corrected chi connectivity index (χ1v) is 16.4. The topological polar surface area (TPSA) is 51.8 Å². The van der Waals surface area contributed by atoms with E-state index in [-0.39, 0.29) is 5.92 Å². The Hall–Kier alpha value is -6.13. The van der Waals surface area contributed by atoms with E-state index < -0.39 is 0 Å². The summed E-state index contributed by atoms with van der Waals surface area (Å²) in [4.78, 5) is 15.0. The standard InChI is InChI=1S/C44H31N3O/c1-28-26-34(29-22-24-31(25-23-29)36-19-10-17-30-12-8-9-18-35(30)36)27-39-40(28)41-37(20-11-21-38(41)48-39)44-46-42(32-13-4-2-5-14-32)45-43(47-44)33-15-6-3-7-16-33/h2-25,27-28H,26H2,1H3. The molecular formula is C44H31N3O. The summed E-state index contributed by atoms with van der Waals surface area (Å²) in [5.74, 6) is 3.09. The van der Waals surface area contributed by atoms with Gasteiger partial charge in [-0.25, -0.2) is 15.0 Å². The van der Waals surface area contributed by atoms with E-state index in [9.17, 15) is 0 Å². The summed E-state index contributed by atoms with van der Waals surface area (Å²) < 4.78 is 6.60. The normalized spacial score (nSPS) is 14.2. The van der Waals surface area contributed by atoms with Crippen LogP contribution in [0.1, 0.15) is 36.1 Å². The van der Waals surface area contributed by atoms with Crippen molar-refractivity contribution in [2.75, 3.05) is 0 Å². The molecule has 1 atom stereocenters. The number of rotatable bonds is 5. The lowest BCUT2D eigenvalue weighted by Gasteiger charge is -2.20. The molecule has 0 bridgehead atoms. The van der Waals surface area contributed by atoms with Crippen molar-refractivity contribution in [1.82, 2.24) is 15.0 Å². The molecule has 1 aliphatic rings. The molecule has 9 rings (SSSR count).